The molecule has 3 heterocycles. The second kappa shape index (κ2) is 10.1. The van der Waals surface area contributed by atoms with Crippen LogP contribution in [0.2, 0.25) is 0 Å². The van der Waals surface area contributed by atoms with E-state index in [2.05, 4.69) is 30.6 Å². The summed E-state index contributed by atoms with van der Waals surface area (Å²) in [6, 6.07) is 9.64. The molecule has 0 aliphatic carbocycles. The number of fused-ring (bicyclic) bond motifs is 1. The number of H-pyrrole nitrogens is 1. The van der Waals surface area contributed by atoms with Gasteiger partial charge in [0.25, 0.3) is 11.8 Å². The van der Waals surface area contributed by atoms with Crippen molar-refractivity contribution in [3.8, 4) is 11.3 Å². The van der Waals surface area contributed by atoms with Crippen LogP contribution in [0.1, 0.15) is 16.1 Å². The second-order valence-electron chi connectivity index (χ2n) is 8.88. The largest absolute Gasteiger partial charge is 0.386 e. The van der Waals surface area contributed by atoms with Gasteiger partial charge < -0.3 is 21.4 Å². The van der Waals surface area contributed by atoms with Gasteiger partial charge in [0.1, 0.15) is 35.4 Å². The molecule has 5 rings (SSSR count). The Hall–Kier alpha value is -4.30. The number of carbonyl (C=O) groups is 2. The van der Waals surface area contributed by atoms with Crippen LogP contribution >= 0.6 is 11.8 Å². The number of aromatic amines is 1. The van der Waals surface area contributed by atoms with E-state index in [0.717, 1.165) is 11.8 Å². The average molecular weight is 568 g/mol. The number of amidine groups is 1. The number of carbonyl (C=O) groups excluding carboxylic acids is 2. The lowest BCUT2D eigenvalue weighted by Gasteiger charge is -2.20. The number of benzene rings is 2. The molecule has 0 bridgehead atoms. The number of halogens is 1. The third kappa shape index (κ3) is 5.33. The predicted molar refractivity (Wildman–Crippen MR) is 148 cm³/mol. The summed E-state index contributed by atoms with van der Waals surface area (Å²) in [4.78, 5) is 41.2. The number of nitrogens with zero attached hydrogens (tertiary/aromatic N) is 3. The van der Waals surface area contributed by atoms with Crippen molar-refractivity contribution in [2.75, 3.05) is 16.9 Å². The van der Waals surface area contributed by atoms with Crippen LogP contribution in [0.4, 0.5) is 15.8 Å². The van der Waals surface area contributed by atoms with Gasteiger partial charge in [-0.3, -0.25) is 14.6 Å². The van der Waals surface area contributed by atoms with Gasteiger partial charge in [-0.2, -0.15) is 0 Å². The molecule has 3 aromatic rings. The second-order valence-corrected chi connectivity index (χ2v) is 11.8. The summed E-state index contributed by atoms with van der Waals surface area (Å²) in [5.74, 6) is -1.13. The molecule has 0 fully saturated rings. The number of hydrogen-bond donors (Lipinski definition) is 4. The molecule has 0 radical (unpaired) electrons. The van der Waals surface area contributed by atoms with Crippen LogP contribution in [0, 0.1) is 12.7 Å². The maximum Gasteiger partial charge on any atom is 0.274 e. The standard InChI is InChI=1S/C25H22FN7O4S2/c1-12-3-8-15(9-17(12)31-23(34)16-10-38-21-19(16)28-11-29-22(21)27)30-24(35)20-18(13-4-6-14(26)7-5-13)32-25(33-20)39(2,36)37/h3-11,19,21H,1-2H3,(H,30,35)(H,31,34)(H,32,33)(H2,27,28,29). The van der Waals surface area contributed by atoms with Gasteiger partial charge in [0.15, 0.2) is 0 Å². The molecule has 2 unspecified atom stereocenters. The van der Waals surface area contributed by atoms with Crippen molar-refractivity contribution < 1.29 is 22.4 Å². The van der Waals surface area contributed by atoms with Crippen molar-refractivity contribution >= 4 is 57.0 Å². The van der Waals surface area contributed by atoms with E-state index in [1.165, 1.54) is 42.4 Å². The van der Waals surface area contributed by atoms with E-state index in [1.54, 1.807) is 30.5 Å². The molecule has 2 aliphatic rings. The average Bonchev–Trinajstić information content (AvgIpc) is 3.53. The third-order valence-electron chi connectivity index (χ3n) is 6.06. The number of hydrogen-bond acceptors (Lipinski definition) is 9. The molecule has 11 nitrogen and oxygen atoms in total. The van der Waals surface area contributed by atoms with E-state index in [4.69, 9.17) is 5.73 Å². The number of aryl methyl sites for hydroxylation is 1. The van der Waals surface area contributed by atoms with Crippen molar-refractivity contribution in [2.24, 2.45) is 15.7 Å². The zero-order valence-corrected chi connectivity index (χ0v) is 22.2. The summed E-state index contributed by atoms with van der Waals surface area (Å²) in [7, 11) is -3.77. The summed E-state index contributed by atoms with van der Waals surface area (Å²) < 4.78 is 37.7. The third-order valence-corrected chi connectivity index (χ3v) is 8.13. The first-order chi connectivity index (χ1) is 18.5. The fraction of sp³-hybridized carbons (Fsp3) is 0.160. The monoisotopic (exact) mass is 567 g/mol. The first-order valence-corrected chi connectivity index (χ1v) is 14.3. The fourth-order valence-corrected chi connectivity index (χ4v) is 5.66. The molecular formula is C25H22FN7O4S2. The van der Waals surface area contributed by atoms with E-state index >= 15 is 0 Å². The van der Waals surface area contributed by atoms with Crippen LogP contribution in [0.3, 0.4) is 0 Å². The van der Waals surface area contributed by atoms with Crippen LogP contribution < -0.4 is 16.4 Å². The molecule has 0 spiro atoms. The zero-order chi connectivity index (χ0) is 27.9. The number of thioether (sulfide) groups is 1. The maximum absolute atomic E-state index is 13.4. The number of nitrogens with one attached hydrogen (secondary N) is 3. The van der Waals surface area contributed by atoms with Crippen LogP contribution in [0.15, 0.2) is 68.6 Å². The van der Waals surface area contributed by atoms with Gasteiger partial charge in [-0.25, -0.2) is 22.8 Å². The molecule has 39 heavy (non-hydrogen) atoms. The van der Waals surface area contributed by atoms with Gasteiger partial charge in [-0.1, -0.05) is 6.07 Å². The highest BCUT2D eigenvalue weighted by atomic mass is 32.2. The smallest absolute Gasteiger partial charge is 0.274 e. The topological polar surface area (TPSA) is 172 Å². The van der Waals surface area contributed by atoms with Crippen LogP contribution in [-0.2, 0) is 14.6 Å². The van der Waals surface area contributed by atoms with Gasteiger partial charge in [0.2, 0.25) is 15.0 Å². The Balaban J connectivity index is 1.39. The van der Waals surface area contributed by atoms with Crippen molar-refractivity contribution in [2.45, 2.75) is 23.4 Å². The molecular weight excluding hydrogens is 545 g/mol. The maximum atomic E-state index is 13.4. The van der Waals surface area contributed by atoms with E-state index in [-0.39, 0.29) is 22.5 Å². The molecule has 2 atom stereocenters. The van der Waals surface area contributed by atoms with Crippen molar-refractivity contribution in [3.63, 3.8) is 0 Å². The number of anilines is 2. The number of rotatable bonds is 6. The highest BCUT2D eigenvalue weighted by molar-refractivity contribution is 8.03. The molecule has 200 valence electrons. The summed E-state index contributed by atoms with van der Waals surface area (Å²) in [5.41, 5.74) is 8.17. The Bertz CT molecular complexity index is 1700. The highest BCUT2D eigenvalue weighted by Gasteiger charge is 2.37. The highest BCUT2D eigenvalue weighted by Crippen LogP contribution is 2.35. The van der Waals surface area contributed by atoms with Gasteiger partial charge in [0, 0.05) is 28.8 Å². The fourth-order valence-electron chi connectivity index (χ4n) is 4.01. The minimum absolute atomic E-state index is 0.0460. The summed E-state index contributed by atoms with van der Waals surface area (Å²) >= 11 is 1.38. The lowest BCUT2D eigenvalue weighted by molar-refractivity contribution is -0.113. The summed E-state index contributed by atoms with van der Waals surface area (Å²) in [6.45, 7) is 1.80. The van der Waals surface area contributed by atoms with Gasteiger partial charge in [0.05, 0.1) is 5.25 Å². The van der Waals surface area contributed by atoms with Gasteiger partial charge in [-0.05, 0) is 54.3 Å². The number of amides is 2. The lowest BCUT2D eigenvalue weighted by Crippen LogP contribution is -2.38. The van der Waals surface area contributed by atoms with E-state index < -0.39 is 32.8 Å². The minimum Gasteiger partial charge on any atom is -0.386 e. The first kappa shape index (κ1) is 26.3. The number of sulfone groups is 1. The van der Waals surface area contributed by atoms with Crippen LogP contribution in [-0.4, -0.2) is 59.9 Å². The van der Waals surface area contributed by atoms with E-state index in [0.29, 0.717) is 28.3 Å². The zero-order valence-electron chi connectivity index (χ0n) is 20.6. The van der Waals surface area contributed by atoms with Crippen molar-refractivity contribution in [1.29, 1.82) is 0 Å². The Morgan fingerprint density at radius 2 is 1.85 bits per heavy atom. The van der Waals surface area contributed by atoms with Crippen molar-refractivity contribution in [1.82, 2.24) is 9.97 Å². The van der Waals surface area contributed by atoms with Crippen LogP contribution in [0.25, 0.3) is 11.3 Å². The normalized spacial score (nSPS) is 18.2. The predicted octanol–water partition coefficient (Wildman–Crippen LogP) is 2.89. The molecule has 0 saturated carbocycles. The van der Waals surface area contributed by atoms with Crippen molar-refractivity contribution in [3.05, 3.63) is 70.5 Å². The molecule has 2 amide bonds. The molecule has 0 saturated heterocycles. The lowest BCUT2D eigenvalue weighted by atomic mass is 10.0. The molecule has 5 N–H and O–H groups in total. The first-order valence-electron chi connectivity index (χ1n) is 11.5. The van der Waals surface area contributed by atoms with Gasteiger partial charge in [-0.15, -0.1) is 11.8 Å². The number of aromatic nitrogens is 2. The minimum atomic E-state index is -3.77. The summed E-state index contributed by atoms with van der Waals surface area (Å²) in [5, 5.41) is 6.64. The number of nitrogens with two attached hydrogens (primary N) is 1. The Kier molecular flexibility index (Phi) is 6.82. The molecule has 2 aliphatic heterocycles. The van der Waals surface area contributed by atoms with E-state index in [1.807, 2.05) is 0 Å². The Morgan fingerprint density at radius 1 is 1.10 bits per heavy atom. The van der Waals surface area contributed by atoms with Crippen LogP contribution in [0.5, 0.6) is 0 Å². The Labute approximate surface area is 226 Å². The molecule has 14 heteroatoms. The SMILES string of the molecule is Cc1ccc(NC(=O)c2[nH]c(S(C)(=O)=O)nc2-c2ccc(F)cc2)cc1NC(=O)C1=CSC2C(N)=NC=NC12. The summed E-state index contributed by atoms with van der Waals surface area (Å²) in [6.07, 6.45) is 2.30. The quantitative estimate of drug-likeness (QED) is 0.355. The molecule has 1 aromatic heterocycles. The number of aliphatic imine (C=N–C) groups is 2. The molecule has 2 aromatic carbocycles. The van der Waals surface area contributed by atoms with Gasteiger partial charge >= 0.3 is 0 Å². The number of imidazole rings is 1. The van der Waals surface area contributed by atoms with E-state index in [9.17, 15) is 22.4 Å². The Morgan fingerprint density at radius 3 is 2.56 bits per heavy atom.